The lowest BCUT2D eigenvalue weighted by molar-refractivity contribution is -0.212. The Morgan fingerprint density at radius 1 is 1.25 bits per heavy atom. The molecule has 112 valence electrons. The standard InChI is InChI=1S/C12H15F3N2O3/c1-8-3-2-4-9(5-8)16-10(20)17-11(6-18,7-19)12(13,14)15/h2-5,18-19H,6-7H2,1H3,(H2,16,17,20). The number of carbonyl (C=O) groups excluding carboxylic acids is 1. The average Bonchev–Trinajstić information content (AvgIpc) is 2.34. The molecule has 4 N–H and O–H groups in total. The summed E-state index contributed by atoms with van der Waals surface area (Å²) in [6.45, 7) is -1.17. The lowest BCUT2D eigenvalue weighted by atomic mass is 10.0. The molecule has 20 heavy (non-hydrogen) atoms. The molecule has 1 aromatic carbocycles. The van der Waals surface area contributed by atoms with Crippen molar-refractivity contribution in [1.82, 2.24) is 5.32 Å². The van der Waals surface area contributed by atoms with E-state index in [9.17, 15) is 18.0 Å². The van der Waals surface area contributed by atoms with Gasteiger partial charge < -0.3 is 20.8 Å². The van der Waals surface area contributed by atoms with Crippen molar-refractivity contribution in [2.45, 2.75) is 18.6 Å². The number of anilines is 1. The Labute approximate surface area is 113 Å². The van der Waals surface area contributed by atoms with Crippen molar-refractivity contribution >= 4 is 11.7 Å². The summed E-state index contributed by atoms with van der Waals surface area (Å²) >= 11 is 0. The van der Waals surface area contributed by atoms with Crippen LogP contribution in [0, 0.1) is 6.92 Å². The number of amides is 2. The fourth-order valence-electron chi connectivity index (χ4n) is 1.48. The van der Waals surface area contributed by atoms with Crippen LogP contribution in [0.3, 0.4) is 0 Å². The number of aryl methyl sites for hydroxylation is 1. The molecule has 5 nitrogen and oxygen atoms in total. The third kappa shape index (κ3) is 3.61. The normalized spacial score (nSPS) is 12.1. The third-order valence-corrected chi connectivity index (χ3v) is 2.71. The predicted octanol–water partition coefficient (Wildman–Crippen LogP) is 1.40. The van der Waals surface area contributed by atoms with Gasteiger partial charge in [0.05, 0.1) is 13.2 Å². The Morgan fingerprint density at radius 2 is 1.85 bits per heavy atom. The van der Waals surface area contributed by atoms with Crippen LogP contribution in [0.5, 0.6) is 0 Å². The fourth-order valence-corrected chi connectivity index (χ4v) is 1.48. The van der Waals surface area contributed by atoms with Crippen LogP contribution in [0.4, 0.5) is 23.7 Å². The molecule has 0 aliphatic carbocycles. The lowest BCUT2D eigenvalue weighted by Crippen LogP contribution is -2.64. The molecule has 0 radical (unpaired) electrons. The highest BCUT2D eigenvalue weighted by Gasteiger charge is 2.55. The van der Waals surface area contributed by atoms with Crippen LogP contribution in [0.2, 0.25) is 0 Å². The number of hydrogen-bond donors (Lipinski definition) is 4. The highest BCUT2D eigenvalue weighted by Crippen LogP contribution is 2.29. The number of hydrogen-bond acceptors (Lipinski definition) is 3. The first-order chi connectivity index (χ1) is 9.24. The van der Waals surface area contributed by atoms with Crippen LogP contribution in [0.15, 0.2) is 24.3 Å². The van der Waals surface area contributed by atoms with Crippen LogP contribution in [0.25, 0.3) is 0 Å². The van der Waals surface area contributed by atoms with Gasteiger partial charge in [-0.1, -0.05) is 12.1 Å². The molecule has 0 aliphatic heterocycles. The molecule has 0 aliphatic rings. The van der Waals surface area contributed by atoms with Crippen LogP contribution in [-0.4, -0.2) is 41.2 Å². The van der Waals surface area contributed by atoms with Gasteiger partial charge in [0.1, 0.15) is 0 Å². The maximum absolute atomic E-state index is 12.8. The average molecular weight is 292 g/mol. The molecule has 0 fully saturated rings. The molecule has 0 atom stereocenters. The van der Waals surface area contributed by atoms with Crippen molar-refractivity contribution in [3.8, 4) is 0 Å². The van der Waals surface area contributed by atoms with Crippen molar-refractivity contribution in [3.63, 3.8) is 0 Å². The van der Waals surface area contributed by atoms with Gasteiger partial charge in [-0.2, -0.15) is 13.2 Å². The van der Waals surface area contributed by atoms with Gasteiger partial charge >= 0.3 is 12.2 Å². The van der Waals surface area contributed by atoms with Crippen molar-refractivity contribution in [3.05, 3.63) is 29.8 Å². The summed E-state index contributed by atoms with van der Waals surface area (Å²) < 4.78 is 38.3. The Balaban J connectivity index is 2.82. The Morgan fingerprint density at radius 3 is 2.30 bits per heavy atom. The van der Waals surface area contributed by atoms with E-state index in [-0.39, 0.29) is 0 Å². The molecule has 1 aromatic rings. The first kappa shape index (κ1) is 16.3. The zero-order chi connectivity index (χ0) is 15.4. The molecule has 2 amide bonds. The van der Waals surface area contributed by atoms with Gasteiger partial charge in [0.15, 0.2) is 5.54 Å². The minimum Gasteiger partial charge on any atom is -0.393 e. The quantitative estimate of drug-likeness (QED) is 0.677. The highest BCUT2D eigenvalue weighted by molar-refractivity contribution is 5.90. The summed E-state index contributed by atoms with van der Waals surface area (Å²) in [5.74, 6) is 0. The summed E-state index contributed by atoms with van der Waals surface area (Å²) in [6.07, 6.45) is -4.99. The van der Waals surface area contributed by atoms with E-state index >= 15 is 0 Å². The number of carbonyl (C=O) groups is 1. The largest absolute Gasteiger partial charge is 0.416 e. The summed E-state index contributed by atoms with van der Waals surface area (Å²) in [5.41, 5.74) is -1.97. The molecule has 0 saturated heterocycles. The summed E-state index contributed by atoms with van der Waals surface area (Å²) in [6, 6.07) is 5.27. The number of alkyl halides is 3. The monoisotopic (exact) mass is 292 g/mol. The molecular weight excluding hydrogens is 277 g/mol. The van der Waals surface area contributed by atoms with E-state index in [2.05, 4.69) is 5.32 Å². The van der Waals surface area contributed by atoms with E-state index in [4.69, 9.17) is 10.2 Å². The Bertz CT molecular complexity index is 473. The van der Waals surface area contributed by atoms with Gasteiger partial charge in [0.25, 0.3) is 0 Å². The zero-order valence-corrected chi connectivity index (χ0v) is 10.7. The molecule has 0 spiro atoms. The van der Waals surface area contributed by atoms with Crippen LogP contribution in [0.1, 0.15) is 5.56 Å². The highest BCUT2D eigenvalue weighted by atomic mass is 19.4. The van der Waals surface area contributed by atoms with Gasteiger partial charge in [-0.15, -0.1) is 0 Å². The second-order valence-electron chi connectivity index (χ2n) is 4.34. The van der Waals surface area contributed by atoms with E-state index in [1.54, 1.807) is 30.4 Å². The second kappa shape index (κ2) is 6.10. The number of aliphatic hydroxyl groups is 2. The molecule has 0 bridgehead atoms. The Kier molecular flexibility index (Phi) is 4.96. The maximum atomic E-state index is 12.8. The SMILES string of the molecule is Cc1cccc(NC(=O)NC(CO)(CO)C(F)(F)F)c1. The molecule has 0 unspecified atom stereocenters. The van der Waals surface area contributed by atoms with E-state index in [0.29, 0.717) is 5.69 Å². The van der Waals surface area contributed by atoms with Crippen molar-refractivity contribution in [2.24, 2.45) is 0 Å². The Hall–Kier alpha value is -1.80. The molecule has 0 saturated carbocycles. The minimum atomic E-state index is -4.99. The van der Waals surface area contributed by atoms with E-state index < -0.39 is 31.0 Å². The second-order valence-corrected chi connectivity index (χ2v) is 4.34. The van der Waals surface area contributed by atoms with E-state index in [1.165, 1.54) is 6.07 Å². The first-order valence-corrected chi connectivity index (χ1v) is 5.68. The fraction of sp³-hybridized carbons (Fsp3) is 0.417. The number of nitrogens with one attached hydrogen (secondary N) is 2. The predicted molar refractivity (Wildman–Crippen MR) is 66.3 cm³/mol. The topological polar surface area (TPSA) is 81.6 Å². The number of urea groups is 1. The molecule has 0 aromatic heterocycles. The van der Waals surface area contributed by atoms with Crippen LogP contribution >= 0.6 is 0 Å². The number of halogens is 3. The van der Waals surface area contributed by atoms with Gasteiger partial charge in [-0.25, -0.2) is 4.79 Å². The number of aliphatic hydroxyl groups excluding tert-OH is 2. The van der Waals surface area contributed by atoms with Crippen molar-refractivity contribution in [2.75, 3.05) is 18.5 Å². The minimum absolute atomic E-state index is 0.300. The summed E-state index contributed by atoms with van der Waals surface area (Å²) in [7, 11) is 0. The summed E-state index contributed by atoms with van der Waals surface area (Å²) in [5, 5.41) is 21.5. The number of benzene rings is 1. The first-order valence-electron chi connectivity index (χ1n) is 5.68. The van der Waals surface area contributed by atoms with Gasteiger partial charge in [-0.3, -0.25) is 0 Å². The van der Waals surface area contributed by atoms with E-state index in [0.717, 1.165) is 5.56 Å². The maximum Gasteiger partial charge on any atom is 0.416 e. The van der Waals surface area contributed by atoms with Gasteiger partial charge in [0, 0.05) is 5.69 Å². The van der Waals surface area contributed by atoms with Gasteiger partial charge in [0.2, 0.25) is 0 Å². The smallest absolute Gasteiger partial charge is 0.393 e. The zero-order valence-electron chi connectivity index (χ0n) is 10.7. The molecule has 8 heteroatoms. The summed E-state index contributed by atoms with van der Waals surface area (Å²) in [4.78, 5) is 11.6. The van der Waals surface area contributed by atoms with Crippen molar-refractivity contribution < 1.29 is 28.2 Å². The molecular formula is C12H15F3N2O3. The number of rotatable bonds is 4. The van der Waals surface area contributed by atoms with Crippen LogP contribution in [-0.2, 0) is 0 Å². The molecule has 0 heterocycles. The molecule has 1 rings (SSSR count). The van der Waals surface area contributed by atoms with Gasteiger partial charge in [-0.05, 0) is 24.6 Å². The third-order valence-electron chi connectivity index (χ3n) is 2.71. The van der Waals surface area contributed by atoms with Crippen molar-refractivity contribution in [1.29, 1.82) is 0 Å². The van der Waals surface area contributed by atoms with E-state index in [1.807, 2.05) is 0 Å². The van der Waals surface area contributed by atoms with Crippen LogP contribution < -0.4 is 10.6 Å². The lowest BCUT2D eigenvalue weighted by Gasteiger charge is -2.32.